The van der Waals surface area contributed by atoms with Gasteiger partial charge >= 0.3 is 0 Å². The molecule has 0 saturated carbocycles. The van der Waals surface area contributed by atoms with Gasteiger partial charge in [-0.25, -0.2) is 0 Å². The zero-order chi connectivity index (χ0) is 6.99. The van der Waals surface area contributed by atoms with E-state index in [1.807, 2.05) is 6.92 Å². The highest BCUT2D eigenvalue weighted by Gasteiger charge is 1.90. The highest BCUT2D eigenvalue weighted by Crippen LogP contribution is 1.95. The second kappa shape index (κ2) is 10.0. The van der Waals surface area contributed by atoms with Crippen molar-refractivity contribution in [2.24, 2.45) is 5.92 Å². The standard InChI is InChI=1S/C5H12O.CH4O/c1-3-5(2)4-6;1-2/h5-6H,3-4H2,1-2H3;2H,1H3. The fraction of sp³-hybridized carbons (Fsp3) is 1.00. The van der Waals surface area contributed by atoms with E-state index in [4.69, 9.17) is 10.2 Å². The lowest BCUT2D eigenvalue weighted by atomic mass is 10.1. The molecule has 0 aliphatic rings. The Morgan fingerprint density at radius 1 is 1.38 bits per heavy atom. The third-order valence-electron chi connectivity index (χ3n) is 1.01. The zero-order valence-corrected chi connectivity index (χ0v) is 5.89. The van der Waals surface area contributed by atoms with Crippen molar-refractivity contribution in [1.29, 1.82) is 0 Å². The number of hydrogen-bond donors (Lipinski definition) is 2. The van der Waals surface area contributed by atoms with Crippen LogP contribution in [0.5, 0.6) is 0 Å². The molecular formula is C6H16O2. The predicted octanol–water partition coefficient (Wildman–Crippen LogP) is 0.633. The summed E-state index contributed by atoms with van der Waals surface area (Å²) in [6, 6.07) is 0. The predicted molar refractivity (Wildman–Crippen MR) is 34.7 cm³/mol. The minimum atomic E-state index is 0.330. The van der Waals surface area contributed by atoms with E-state index in [9.17, 15) is 0 Å². The summed E-state index contributed by atoms with van der Waals surface area (Å²) in [6.45, 7) is 4.43. The molecular weight excluding hydrogens is 104 g/mol. The number of hydrogen-bond acceptors (Lipinski definition) is 2. The van der Waals surface area contributed by atoms with Gasteiger partial charge in [-0.15, -0.1) is 0 Å². The SMILES string of the molecule is CCC(C)CO.CO. The fourth-order valence-corrected chi connectivity index (χ4v) is 0.129. The van der Waals surface area contributed by atoms with E-state index in [2.05, 4.69) is 6.92 Å². The molecule has 0 aromatic carbocycles. The van der Waals surface area contributed by atoms with Crippen molar-refractivity contribution in [3.05, 3.63) is 0 Å². The van der Waals surface area contributed by atoms with Gasteiger partial charge in [-0.05, 0) is 5.92 Å². The fourth-order valence-electron chi connectivity index (χ4n) is 0.129. The maximum Gasteiger partial charge on any atom is 0.0456 e. The Hall–Kier alpha value is -0.0800. The molecule has 0 saturated heterocycles. The molecule has 2 nitrogen and oxygen atoms in total. The second-order valence-electron chi connectivity index (χ2n) is 1.70. The van der Waals surface area contributed by atoms with Crippen LogP contribution >= 0.6 is 0 Å². The van der Waals surface area contributed by atoms with Gasteiger partial charge in [-0.2, -0.15) is 0 Å². The van der Waals surface area contributed by atoms with E-state index in [1.54, 1.807) is 0 Å². The van der Waals surface area contributed by atoms with Gasteiger partial charge in [0.1, 0.15) is 0 Å². The summed E-state index contributed by atoms with van der Waals surface area (Å²) in [5, 5.41) is 15.3. The average molecular weight is 120 g/mol. The first-order valence-electron chi connectivity index (χ1n) is 2.86. The van der Waals surface area contributed by atoms with Crippen molar-refractivity contribution in [2.45, 2.75) is 20.3 Å². The first-order chi connectivity index (χ1) is 3.81. The molecule has 1 atom stereocenters. The molecule has 8 heavy (non-hydrogen) atoms. The summed E-state index contributed by atoms with van der Waals surface area (Å²) in [4.78, 5) is 0. The molecule has 0 aliphatic heterocycles. The third kappa shape index (κ3) is 9.33. The van der Waals surface area contributed by atoms with E-state index in [0.717, 1.165) is 13.5 Å². The van der Waals surface area contributed by atoms with Gasteiger partial charge in [0, 0.05) is 13.7 Å². The van der Waals surface area contributed by atoms with Gasteiger partial charge in [0.15, 0.2) is 0 Å². The Balaban J connectivity index is 0. The molecule has 0 aliphatic carbocycles. The topological polar surface area (TPSA) is 40.5 Å². The van der Waals surface area contributed by atoms with Crippen molar-refractivity contribution in [3.8, 4) is 0 Å². The highest BCUT2D eigenvalue weighted by molar-refractivity contribution is 4.41. The lowest BCUT2D eigenvalue weighted by Crippen LogP contribution is -1.96. The van der Waals surface area contributed by atoms with Crippen molar-refractivity contribution < 1.29 is 10.2 Å². The lowest BCUT2D eigenvalue weighted by Gasteiger charge is -1.98. The Bertz CT molecular complexity index is 25.7. The molecule has 0 heterocycles. The summed E-state index contributed by atoms with van der Waals surface area (Å²) >= 11 is 0. The lowest BCUT2D eigenvalue weighted by molar-refractivity contribution is 0.234. The maximum absolute atomic E-state index is 8.33. The van der Waals surface area contributed by atoms with E-state index in [-0.39, 0.29) is 0 Å². The van der Waals surface area contributed by atoms with Crippen molar-refractivity contribution in [2.75, 3.05) is 13.7 Å². The van der Waals surface area contributed by atoms with Crippen LogP contribution in [0.15, 0.2) is 0 Å². The van der Waals surface area contributed by atoms with E-state index >= 15 is 0 Å². The van der Waals surface area contributed by atoms with Crippen LogP contribution in [0.3, 0.4) is 0 Å². The van der Waals surface area contributed by atoms with Crippen LogP contribution in [-0.2, 0) is 0 Å². The maximum atomic E-state index is 8.33. The minimum Gasteiger partial charge on any atom is -0.400 e. The Labute approximate surface area is 51.2 Å². The summed E-state index contributed by atoms with van der Waals surface area (Å²) in [5.41, 5.74) is 0. The average Bonchev–Trinajstić information content (AvgIpc) is 1.91. The molecule has 52 valence electrons. The minimum absolute atomic E-state index is 0.330. The molecule has 0 radical (unpaired) electrons. The van der Waals surface area contributed by atoms with Crippen LogP contribution < -0.4 is 0 Å². The van der Waals surface area contributed by atoms with E-state index < -0.39 is 0 Å². The van der Waals surface area contributed by atoms with Gasteiger partial charge in [0.05, 0.1) is 0 Å². The van der Waals surface area contributed by atoms with Crippen molar-refractivity contribution in [1.82, 2.24) is 0 Å². The van der Waals surface area contributed by atoms with E-state index in [1.165, 1.54) is 0 Å². The van der Waals surface area contributed by atoms with Crippen LogP contribution in [-0.4, -0.2) is 23.9 Å². The number of rotatable bonds is 2. The number of aliphatic hydroxyl groups excluding tert-OH is 2. The first kappa shape index (κ1) is 10.8. The quantitative estimate of drug-likeness (QED) is 0.561. The molecule has 1 unspecified atom stereocenters. The Kier molecular flexibility index (Phi) is 13.6. The molecule has 0 rings (SSSR count). The molecule has 0 fully saturated rings. The first-order valence-corrected chi connectivity index (χ1v) is 2.86. The molecule has 0 aromatic rings. The van der Waals surface area contributed by atoms with Crippen molar-refractivity contribution >= 4 is 0 Å². The second-order valence-corrected chi connectivity index (χ2v) is 1.70. The summed E-state index contributed by atoms with van der Waals surface area (Å²) in [7, 11) is 1.00. The zero-order valence-electron chi connectivity index (χ0n) is 5.89. The van der Waals surface area contributed by atoms with Crippen LogP contribution in [0.1, 0.15) is 20.3 Å². The smallest absolute Gasteiger partial charge is 0.0456 e. The molecule has 2 N–H and O–H groups in total. The number of aliphatic hydroxyl groups is 2. The van der Waals surface area contributed by atoms with Gasteiger partial charge in [-0.1, -0.05) is 20.3 Å². The van der Waals surface area contributed by atoms with Crippen LogP contribution in [0.25, 0.3) is 0 Å². The van der Waals surface area contributed by atoms with Gasteiger partial charge in [0.25, 0.3) is 0 Å². The molecule has 0 amide bonds. The third-order valence-corrected chi connectivity index (χ3v) is 1.01. The molecule has 0 bridgehead atoms. The van der Waals surface area contributed by atoms with Crippen LogP contribution in [0, 0.1) is 5.92 Å². The van der Waals surface area contributed by atoms with Gasteiger partial charge in [-0.3, -0.25) is 0 Å². The van der Waals surface area contributed by atoms with Crippen LogP contribution in [0.2, 0.25) is 0 Å². The normalized spacial score (nSPS) is 11.6. The molecule has 0 spiro atoms. The Morgan fingerprint density at radius 3 is 1.75 bits per heavy atom. The largest absolute Gasteiger partial charge is 0.400 e. The summed E-state index contributed by atoms with van der Waals surface area (Å²) in [6.07, 6.45) is 1.08. The Morgan fingerprint density at radius 2 is 1.75 bits per heavy atom. The molecule has 2 heteroatoms. The van der Waals surface area contributed by atoms with Gasteiger partial charge in [0.2, 0.25) is 0 Å². The van der Waals surface area contributed by atoms with E-state index in [0.29, 0.717) is 12.5 Å². The van der Waals surface area contributed by atoms with Crippen molar-refractivity contribution in [3.63, 3.8) is 0 Å². The summed E-state index contributed by atoms with van der Waals surface area (Å²) in [5.74, 6) is 0.491. The van der Waals surface area contributed by atoms with Gasteiger partial charge < -0.3 is 10.2 Å². The summed E-state index contributed by atoms with van der Waals surface area (Å²) < 4.78 is 0. The molecule has 0 aromatic heterocycles. The van der Waals surface area contributed by atoms with Crippen LogP contribution in [0.4, 0.5) is 0 Å². The monoisotopic (exact) mass is 120 g/mol. The highest BCUT2D eigenvalue weighted by atomic mass is 16.3.